The van der Waals surface area contributed by atoms with Crippen LogP contribution in [0, 0.1) is 0 Å². The lowest BCUT2D eigenvalue weighted by Crippen LogP contribution is -2.43. The topological polar surface area (TPSA) is 85.9 Å². The van der Waals surface area contributed by atoms with Gasteiger partial charge in [-0.2, -0.15) is 0 Å². The molecule has 0 aromatic heterocycles. The van der Waals surface area contributed by atoms with Crippen LogP contribution < -0.4 is 25.1 Å². The molecule has 1 heterocycles. The molecule has 1 aliphatic heterocycles. The third-order valence-electron chi connectivity index (χ3n) is 3.75. The number of hydrogen-bond acceptors (Lipinski definition) is 6. The number of carbonyl (C=O) groups excluding carboxylic acids is 2. The van der Waals surface area contributed by atoms with E-state index in [4.69, 9.17) is 14.2 Å². The maximum Gasteiger partial charge on any atom is 0.248 e. The third-order valence-corrected chi connectivity index (χ3v) is 4.74. The predicted molar refractivity (Wildman–Crippen MR) is 101 cm³/mol. The van der Waals surface area contributed by atoms with Gasteiger partial charge >= 0.3 is 0 Å². The van der Waals surface area contributed by atoms with E-state index >= 15 is 0 Å². The highest BCUT2D eigenvalue weighted by atomic mass is 32.2. The van der Waals surface area contributed by atoms with E-state index in [1.54, 1.807) is 31.4 Å². The molecule has 3 rings (SSSR count). The first-order valence-electron chi connectivity index (χ1n) is 8.37. The molecule has 0 aliphatic carbocycles. The van der Waals surface area contributed by atoms with Gasteiger partial charge < -0.3 is 14.2 Å². The summed E-state index contributed by atoms with van der Waals surface area (Å²) in [5.41, 5.74) is 5.66. The van der Waals surface area contributed by atoms with Gasteiger partial charge in [-0.1, -0.05) is 12.1 Å². The van der Waals surface area contributed by atoms with Crippen molar-refractivity contribution in [2.24, 2.45) is 0 Å². The summed E-state index contributed by atoms with van der Waals surface area (Å²) in [7, 11) is 1.58. The summed E-state index contributed by atoms with van der Waals surface area (Å²) in [5, 5.41) is 0. The standard InChI is InChI=1S/C19H20N2O5S/c1-24-14-4-2-13(3-5-14)10-18(22)20-21-19(23)12-27-15-6-7-16-17(11-15)26-9-8-25-16/h2-7,11H,8-10,12H2,1H3,(H,20,22)(H,21,23). The summed E-state index contributed by atoms with van der Waals surface area (Å²) in [4.78, 5) is 24.7. The van der Waals surface area contributed by atoms with Gasteiger partial charge in [0.25, 0.3) is 0 Å². The van der Waals surface area contributed by atoms with Gasteiger partial charge in [-0.15, -0.1) is 11.8 Å². The minimum Gasteiger partial charge on any atom is -0.497 e. The van der Waals surface area contributed by atoms with E-state index in [1.807, 2.05) is 18.2 Å². The summed E-state index contributed by atoms with van der Waals surface area (Å²) < 4.78 is 16.1. The Kier molecular flexibility index (Phi) is 6.43. The van der Waals surface area contributed by atoms with Crippen LogP contribution >= 0.6 is 11.8 Å². The third kappa shape index (κ3) is 5.55. The minimum absolute atomic E-state index is 0.166. The van der Waals surface area contributed by atoms with Crippen molar-refractivity contribution in [2.45, 2.75) is 11.3 Å². The van der Waals surface area contributed by atoms with E-state index in [2.05, 4.69) is 10.9 Å². The molecule has 142 valence electrons. The number of hydrogen-bond donors (Lipinski definition) is 2. The lowest BCUT2D eigenvalue weighted by molar-refractivity contribution is -0.127. The smallest absolute Gasteiger partial charge is 0.248 e. The molecular weight excluding hydrogens is 368 g/mol. The lowest BCUT2D eigenvalue weighted by Gasteiger charge is -2.18. The van der Waals surface area contributed by atoms with Crippen molar-refractivity contribution in [1.82, 2.24) is 10.9 Å². The van der Waals surface area contributed by atoms with E-state index < -0.39 is 0 Å². The molecular formula is C19H20N2O5S. The summed E-state index contributed by atoms with van der Waals surface area (Å²) >= 11 is 1.35. The second-order valence-electron chi connectivity index (χ2n) is 5.72. The Morgan fingerprint density at radius 3 is 2.44 bits per heavy atom. The monoisotopic (exact) mass is 388 g/mol. The van der Waals surface area contributed by atoms with Gasteiger partial charge in [0.2, 0.25) is 11.8 Å². The maximum absolute atomic E-state index is 11.9. The summed E-state index contributed by atoms with van der Waals surface area (Å²) in [6.45, 7) is 1.06. The number of benzene rings is 2. The van der Waals surface area contributed by atoms with Crippen LogP contribution in [0.1, 0.15) is 5.56 Å². The van der Waals surface area contributed by atoms with Crippen LogP contribution in [-0.4, -0.2) is 37.9 Å². The predicted octanol–water partition coefficient (Wildman–Crippen LogP) is 1.95. The SMILES string of the molecule is COc1ccc(CC(=O)NNC(=O)CSc2ccc3c(c2)OCCO3)cc1. The first-order chi connectivity index (χ1) is 13.1. The molecule has 0 saturated carbocycles. The molecule has 2 aromatic rings. The number of fused-ring (bicyclic) bond motifs is 1. The second-order valence-corrected chi connectivity index (χ2v) is 6.76. The second kappa shape index (κ2) is 9.18. The van der Waals surface area contributed by atoms with Gasteiger partial charge in [-0.05, 0) is 35.9 Å². The molecule has 0 spiro atoms. The average molecular weight is 388 g/mol. The van der Waals surface area contributed by atoms with Gasteiger partial charge in [-0.3, -0.25) is 20.4 Å². The summed E-state index contributed by atoms with van der Waals surface area (Å²) in [5.74, 6) is 1.70. The molecule has 8 heteroatoms. The van der Waals surface area contributed by atoms with Crippen LogP contribution in [0.5, 0.6) is 17.2 Å². The van der Waals surface area contributed by atoms with Gasteiger partial charge in [-0.25, -0.2) is 0 Å². The molecule has 1 aliphatic rings. The molecule has 0 fully saturated rings. The number of methoxy groups -OCH3 is 1. The number of rotatable bonds is 6. The average Bonchev–Trinajstić information content (AvgIpc) is 2.71. The molecule has 27 heavy (non-hydrogen) atoms. The lowest BCUT2D eigenvalue weighted by atomic mass is 10.1. The zero-order chi connectivity index (χ0) is 19.1. The van der Waals surface area contributed by atoms with Crippen molar-refractivity contribution >= 4 is 23.6 Å². The van der Waals surface area contributed by atoms with E-state index in [0.29, 0.717) is 24.7 Å². The van der Waals surface area contributed by atoms with Crippen molar-refractivity contribution < 1.29 is 23.8 Å². The van der Waals surface area contributed by atoms with Crippen molar-refractivity contribution in [3.8, 4) is 17.2 Å². The molecule has 7 nitrogen and oxygen atoms in total. The largest absolute Gasteiger partial charge is 0.497 e. The van der Waals surface area contributed by atoms with Crippen molar-refractivity contribution in [1.29, 1.82) is 0 Å². The van der Waals surface area contributed by atoms with Crippen LogP contribution in [-0.2, 0) is 16.0 Å². The highest BCUT2D eigenvalue weighted by Crippen LogP contribution is 2.34. The Morgan fingerprint density at radius 2 is 1.70 bits per heavy atom. The Balaban J connectivity index is 1.40. The number of nitrogens with one attached hydrogen (secondary N) is 2. The highest BCUT2D eigenvalue weighted by molar-refractivity contribution is 8.00. The molecule has 0 atom stereocenters. The molecule has 2 aromatic carbocycles. The first-order valence-corrected chi connectivity index (χ1v) is 9.35. The van der Waals surface area contributed by atoms with Gasteiger partial charge in [0.05, 0.1) is 19.3 Å². The zero-order valence-corrected chi connectivity index (χ0v) is 15.6. The molecule has 0 saturated heterocycles. The molecule has 0 radical (unpaired) electrons. The van der Waals surface area contributed by atoms with Crippen LogP contribution in [0.4, 0.5) is 0 Å². The van der Waals surface area contributed by atoms with Crippen molar-refractivity contribution in [2.75, 3.05) is 26.1 Å². The summed E-state index contributed by atoms with van der Waals surface area (Å²) in [6.07, 6.45) is 0.166. The quantitative estimate of drug-likeness (QED) is 0.581. The van der Waals surface area contributed by atoms with Crippen molar-refractivity contribution in [3.05, 3.63) is 48.0 Å². The molecule has 2 N–H and O–H groups in total. The number of amides is 2. The van der Waals surface area contributed by atoms with E-state index in [-0.39, 0.29) is 24.0 Å². The fraction of sp³-hybridized carbons (Fsp3) is 0.263. The number of ether oxygens (including phenoxy) is 3. The van der Waals surface area contributed by atoms with E-state index in [0.717, 1.165) is 16.2 Å². The first kappa shape index (κ1) is 18.9. The maximum atomic E-state index is 11.9. The summed E-state index contributed by atoms with van der Waals surface area (Å²) in [6, 6.07) is 12.7. The van der Waals surface area contributed by atoms with Crippen LogP contribution in [0.3, 0.4) is 0 Å². The van der Waals surface area contributed by atoms with E-state index in [1.165, 1.54) is 11.8 Å². The highest BCUT2D eigenvalue weighted by Gasteiger charge is 2.13. The van der Waals surface area contributed by atoms with E-state index in [9.17, 15) is 9.59 Å². The normalized spacial score (nSPS) is 12.2. The fourth-order valence-corrected chi connectivity index (χ4v) is 3.14. The Hall–Kier alpha value is -2.87. The molecule has 0 bridgehead atoms. The number of carbonyl (C=O) groups is 2. The minimum atomic E-state index is -0.294. The van der Waals surface area contributed by atoms with Gasteiger partial charge in [0.1, 0.15) is 19.0 Å². The molecule has 0 unspecified atom stereocenters. The van der Waals surface area contributed by atoms with Gasteiger partial charge in [0, 0.05) is 4.90 Å². The zero-order valence-electron chi connectivity index (χ0n) is 14.8. The fourth-order valence-electron chi connectivity index (χ4n) is 2.41. The number of hydrazine groups is 1. The van der Waals surface area contributed by atoms with Crippen LogP contribution in [0.15, 0.2) is 47.4 Å². The molecule has 2 amide bonds. The Bertz CT molecular complexity index is 810. The Morgan fingerprint density at radius 1 is 1.00 bits per heavy atom. The Labute approximate surface area is 161 Å². The van der Waals surface area contributed by atoms with Crippen LogP contribution in [0.2, 0.25) is 0 Å². The van der Waals surface area contributed by atoms with Crippen LogP contribution in [0.25, 0.3) is 0 Å². The van der Waals surface area contributed by atoms with Crippen molar-refractivity contribution in [3.63, 3.8) is 0 Å². The number of thioether (sulfide) groups is 1. The van der Waals surface area contributed by atoms with Gasteiger partial charge in [0.15, 0.2) is 11.5 Å².